The third-order valence-electron chi connectivity index (χ3n) is 5.02. The molecule has 29 heavy (non-hydrogen) atoms. The number of Topliss-reactive ketones (excluding diaryl/α,β-unsaturated/α-hetero) is 1. The van der Waals surface area contributed by atoms with E-state index < -0.39 is 17.7 Å². The van der Waals surface area contributed by atoms with Crippen LogP contribution in [0.1, 0.15) is 27.6 Å². The molecule has 3 rings (SSSR count). The number of aryl methyl sites for hydroxylation is 2. The highest BCUT2D eigenvalue weighted by Gasteiger charge is 2.46. The van der Waals surface area contributed by atoms with Gasteiger partial charge in [-0.05, 0) is 56.6 Å². The standard InChI is InChI=1S/C22H26N2O4S/c1-13-11-14(2)21(28-5)15(12-13)19(25)17-18(16-7-6-10-29-16)24(9-8-23(3)4)22(27)20(17)26/h6-7,10-12,18,25H,8-9H2,1-5H3/b19-17-. The Morgan fingerprint density at radius 2 is 2.00 bits per heavy atom. The Morgan fingerprint density at radius 1 is 1.28 bits per heavy atom. The van der Waals surface area contributed by atoms with E-state index in [0.717, 1.165) is 16.0 Å². The zero-order valence-electron chi connectivity index (χ0n) is 17.4. The van der Waals surface area contributed by atoms with Gasteiger partial charge in [-0.25, -0.2) is 0 Å². The molecule has 1 aliphatic rings. The molecule has 7 heteroatoms. The normalized spacial score (nSPS) is 18.7. The molecule has 1 amide bonds. The van der Waals surface area contributed by atoms with Gasteiger partial charge < -0.3 is 19.6 Å². The number of nitrogens with zero attached hydrogens (tertiary/aromatic N) is 2. The Morgan fingerprint density at radius 3 is 2.59 bits per heavy atom. The number of rotatable bonds is 6. The van der Waals surface area contributed by atoms with E-state index in [1.807, 2.05) is 56.4 Å². The molecule has 1 unspecified atom stereocenters. The summed E-state index contributed by atoms with van der Waals surface area (Å²) in [4.78, 5) is 30.2. The lowest BCUT2D eigenvalue weighted by Gasteiger charge is -2.25. The SMILES string of the molecule is COc1c(C)cc(C)cc1/C(O)=C1/C(=O)C(=O)N(CCN(C)C)C1c1cccs1. The Labute approximate surface area is 175 Å². The summed E-state index contributed by atoms with van der Waals surface area (Å²) in [6.07, 6.45) is 0. The van der Waals surface area contributed by atoms with Crippen LogP contribution in [0.5, 0.6) is 5.75 Å². The minimum Gasteiger partial charge on any atom is -0.507 e. The van der Waals surface area contributed by atoms with E-state index in [4.69, 9.17) is 4.74 Å². The molecule has 1 saturated heterocycles. The van der Waals surface area contributed by atoms with Crippen molar-refractivity contribution in [2.75, 3.05) is 34.3 Å². The minimum atomic E-state index is -0.666. The molecule has 154 valence electrons. The number of hydrogen-bond donors (Lipinski definition) is 1. The van der Waals surface area contributed by atoms with Crippen molar-refractivity contribution in [2.24, 2.45) is 0 Å². The summed E-state index contributed by atoms with van der Waals surface area (Å²) in [6.45, 7) is 4.80. The molecule has 6 nitrogen and oxygen atoms in total. The molecule has 1 atom stereocenters. The van der Waals surface area contributed by atoms with E-state index in [1.165, 1.54) is 18.4 Å². The summed E-state index contributed by atoms with van der Waals surface area (Å²) >= 11 is 1.46. The first-order valence-electron chi connectivity index (χ1n) is 9.38. The van der Waals surface area contributed by atoms with Gasteiger partial charge in [-0.3, -0.25) is 9.59 Å². The largest absolute Gasteiger partial charge is 0.507 e. The predicted molar refractivity (Wildman–Crippen MR) is 114 cm³/mol. The summed E-state index contributed by atoms with van der Waals surface area (Å²) in [6, 6.07) is 6.88. The van der Waals surface area contributed by atoms with Gasteiger partial charge in [0.2, 0.25) is 0 Å². The summed E-state index contributed by atoms with van der Waals surface area (Å²) in [5.41, 5.74) is 2.32. The molecule has 1 aromatic carbocycles. The smallest absolute Gasteiger partial charge is 0.295 e. The quantitative estimate of drug-likeness (QED) is 0.446. The van der Waals surface area contributed by atoms with E-state index in [9.17, 15) is 14.7 Å². The van der Waals surface area contributed by atoms with Crippen molar-refractivity contribution in [1.82, 2.24) is 9.80 Å². The fourth-order valence-electron chi connectivity index (χ4n) is 3.71. The zero-order chi connectivity index (χ0) is 21.3. The number of carbonyl (C=O) groups excluding carboxylic acids is 2. The summed E-state index contributed by atoms with van der Waals surface area (Å²) in [5.74, 6) is -0.953. The topological polar surface area (TPSA) is 70.1 Å². The highest BCUT2D eigenvalue weighted by Crippen LogP contribution is 2.42. The van der Waals surface area contributed by atoms with Crippen molar-refractivity contribution in [3.8, 4) is 5.75 Å². The number of methoxy groups -OCH3 is 1. The second-order valence-electron chi connectivity index (χ2n) is 7.47. The minimum absolute atomic E-state index is 0.111. The van der Waals surface area contributed by atoms with Crippen molar-refractivity contribution in [2.45, 2.75) is 19.9 Å². The Bertz CT molecular complexity index is 963. The maximum atomic E-state index is 13.0. The number of carbonyl (C=O) groups is 2. The van der Waals surface area contributed by atoms with Crippen LogP contribution in [-0.4, -0.2) is 60.9 Å². The van der Waals surface area contributed by atoms with Gasteiger partial charge in [0.15, 0.2) is 0 Å². The van der Waals surface area contributed by atoms with E-state index in [1.54, 1.807) is 11.0 Å². The molecule has 0 aliphatic carbocycles. The first kappa shape index (κ1) is 21.1. The van der Waals surface area contributed by atoms with Gasteiger partial charge in [-0.15, -0.1) is 11.3 Å². The van der Waals surface area contributed by atoms with Crippen LogP contribution in [0.25, 0.3) is 5.76 Å². The van der Waals surface area contributed by atoms with Crippen LogP contribution in [0.15, 0.2) is 35.2 Å². The summed E-state index contributed by atoms with van der Waals surface area (Å²) in [5, 5.41) is 13.1. The van der Waals surface area contributed by atoms with E-state index in [-0.39, 0.29) is 11.3 Å². The van der Waals surface area contributed by atoms with E-state index >= 15 is 0 Å². The molecule has 1 aliphatic heterocycles. The number of amides is 1. The number of aliphatic hydroxyl groups excluding tert-OH is 1. The van der Waals surface area contributed by atoms with Gasteiger partial charge >= 0.3 is 0 Å². The molecular formula is C22H26N2O4S. The second-order valence-corrected chi connectivity index (χ2v) is 8.45. The monoisotopic (exact) mass is 414 g/mol. The first-order valence-corrected chi connectivity index (χ1v) is 10.3. The zero-order valence-corrected chi connectivity index (χ0v) is 18.2. The molecule has 1 fully saturated rings. The van der Waals surface area contributed by atoms with Crippen molar-refractivity contribution in [1.29, 1.82) is 0 Å². The second kappa shape index (κ2) is 8.39. The number of benzene rings is 1. The lowest BCUT2D eigenvalue weighted by molar-refractivity contribution is -0.140. The average Bonchev–Trinajstić information content (AvgIpc) is 3.26. The summed E-state index contributed by atoms with van der Waals surface area (Å²) in [7, 11) is 5.36. The number of aliphatic hydroxyl groups is 1. The van der Waals surface area contributed by atoms with Gasteiger partial charge in [-0.1, -0.05) is 12.1 Å². The lowest BCUT2D eigenvalue weighted by Crippen LogP contribution is -2.35. The first-order chi connectivity index (χ1) is 13.8. The molecule has 0 saturated carbocycles. The molecular weight excluding hydrogens is 388 g/mol. The number of ether oxygens (including phenoxy) is 1. The van der Waals surface area contributed by atoms with Gasteiger partial charge in [-0.2, -0.15) is 0 Å². The van der Waals surface area contributed by atoms with Gasteiger partial charge in [0, 0.05) is 18.0 Å². The molecule has 1 N–H and O–H groups in total. The third-order valence-corrected chi connectivity index (χ3v) is 5.94. The fourth-order valence-corrected chi connectivity index (χ4v) is 4.55. The van der Waals surface area contributed by atoms with Crippen LogP contribution < -0.4 is 4.74 Å². The maximum absolute atomic E-state index is 13.0. The molecule has 0 spiro atoms. The van der Waals surface area contributed by atoms with Crippen LogP contribution in [0, 0.1) is 13.8 Å². The van der Waals surface area contributed by atoms with Crippen LogP contribution in [0.4, 0.5) is 0 Å². The van der Waals surface area contributed by atoms with Crippen LogP contribution in [0.2, 0.25) is 0 Å². The molecule has 0 radical (unpaired) electrons. The van der Waals surface area contributed by atoms with Crippen molar-refractivity contribution in [3.05, 3.63) is 56.8 Å². The Balaban J connectivity index is 2.20. The van der Waals surface area contributed by atoms with Gasteiger partial charge in [0.1, 0.15) is 11.5 Å². The number of ketones is 1. The molecule has 1 aromatic heterocycles. The third kappa shape index (κ3) is 3.93. The highest BCUT2D eigenvalue weighted by molar-refractivity contribution is 7.10. The van der Waals surface area contributed by atoms with Crippen LogP contribution in [0.3, 0.4) is 0 Å². The van der Waals surface area contributed by atoms with Crippen molar-refractivity contribution in [3.63, 3.8) is 0 Å². The number of likely N-dealkylation sites (tertiary alicyclic amines) is 1. The number of likely N-dealkylation sites (N-methyl/N-ethyl adjacent to an activating group) is 1. The van der Waals surface area contributed by atoms with Gasteiger partial charge in [0.05, 0.1) is 24.3 Å². The lowest BCUT2D eigenvalue weighted by atomic mass is 9.96. The van der Waals surface area contributed by atoms with Crippen molar-refractivity contribution < 1.29 is 19.4 Å². The van der Waals surface area contributed by atoms with Crippen LogP contribution in [-0.2, 0) is 9.59 Å². The van der Waals surface area contributed by atoms with Crippen LogP contribution >= 0.6 is 11.3 Å². The fraction of sp³-hybridized carbons (Fsp3) is 0.364. The highest BCUT2D eigenvalue weighted by atomic mass is 32.1. The molecule has 2 heterocycles. The summed E-state index contributed by atoms with van der Waals surface area (Å²) < 4.78 is 5.50. The number of thiophene rings is 1. The maximum Gasteiger partial charge on any atom is 0.295 e. The average molecular weight is 415 g/mol. The van der Waals surface area contributed by atoms with Crippen molar-refractivity contribution >= 4 is 28.8 Å². The Hall–Kier alpha value is -2.64. The molecule has 2 aromatic rings. The van der Waals surface area contributed by atoms with E-state index in [0.29, 0.717) is 24.4 Å². The number of hydrogen-bond acceptors (Lipinski definition) is 6. The predicted octanol–water partition coefficient (Wildman–Crippen LogP) is 3.36. The van der Waals surface area contributed by atoms with Gasteiger partial charge in [0.25, 0.3) is 11.7 Å². The Kier molecular flexibility index (Phi) is 6.10. The van der Waals surface area contributed by atoms with E-state index in [2.05, 4.69) is 0 Å². The molecule has 0 bridgehead atoms.